The van der Waals surface area contributed by atoms with Gasteiger partial charge in [0.1, 0.15) is 0 Å². The quantitative estimate of drug-likeness (QED) is 0.904. The molecule has 1 aliphatic heterocycles. The molecular formula is C16H27N3. The molecule has 1 atom stereocenters. The van der Waals surface area contributed by atoms with Gasteiger partial charge < -0.3 is 10.6 Å². The van der Waals surface area contributed by atoms with Gasteiger partial charge in [-0.25, -0.2) is 0 Å². The zero-order chi connectivity index (χ0) is 13.8. The summed E-state index contributed by atoms with van der Waals surface area (Å²) >= 11 is 0. The van der Waals surface area contributed by atoms with Crippen molar-refractivity contribution >= 4 is 5.69 Å². The molecule has 3 heteroatoms. The molecule has 1 heterocycles. The Labute approximate surface area is 117 Å². The van der Waals surface area contributed by atoms with E-state index in [2.05, 4.69) is 54.8 Å². The standard InChI is InChI=1S/C16H27N3/c1-4-16(17)14-5-7-15(8-6-14)19-11-9-18(10-12-19)13(2)3/h5-8,13,16H,4,9-12,17H2,1-3H3. The molecule has 19 heavy (non-hydrogen) atoms. The molecule has 0 aliphatic carbocycles. The summed E-state index contributed by atoms with van der Waals surface area (Å²) in [4.78, 5) is 5.01. The van der Waals surface area contributed by atoms with Gasteiger partial charge in [-0.15, -0.1) is 0 Å². The molecule has 0 spiro atoms. The van der Waals surface area contributed by atoms with Crippen molar-refractivity contribution in [3.8, 4) is 0 Å². The van der Waals surface area contributed by atoms with E-state index < -0.39 is 0 Å². The monoisotopic (exact) mass is 261 g/mol. The predicted octanol–water partition coefficient (Wildman–Crippen LogP) is 2.63. The highest BCUT2D eigenvalue weighted by molar-refractivity contribution is 5.48. The Balaban J connectivity index is 1.96. The maximum Gasteiger partial charge on any atom is 0.0367 e. The molecule has 1 aromatic rings. The molecule has 0 aromatic heterocycles. The summed E-state index contributed by atoms with van der Waals surface area (Å²) in [7, 11) is 0. The second-order valence-electron chi connectivity index (χ2n) is 5.72. The molecule has 1 unspecified atom stereocenters. The normalized spacial score (nSPS) is 18.9. The maximum atomic E-state index is 6.05. The Kier molecular flexibility index (Phi) is 4.83. The van der Waals surface area contributed by atoms with Gasteiger partial charge in [0.15, 0.2) is 0 Å². The number of rotatable bonds is 4. The smallest absolute Gasteiger partial charge is 0.0367 e. The third-order valence-corrected chi connectivity index (χ3v) is 4.17. The highest BCUT2D eigenvalue weighted by Gasteiger charge is 2.18. The van der Waals surface area contributed by atoms with Gasteiger partial charge in [0.25, 0.3) is 0 Å². The first-order chi connectivity index (χ1) is 9.11. The minimum atomic E-state index is 0.173. The van der Waals surface area contributed by atoms with Gasteiger partial charge in [0.05, 0.1) is 0 Å². The predicted molar refractivity (Wildman–Crippen MR) is 82.6 cm³/mol. The SMILES string of the molecule is CCC(N)c1ccc(N2CCN(C(C)C)CC2)cc1. The van der Waals surface area contributed by atoms with Crippen LogP contribution < -0.4 is 10.6 Å². The van der Waals surface area contributed by atoms with Crippen LogP contribution >= 0.6 is 0 Å². The largest absolute Gasteiger partial charge is 0.369 e. The molecule has 0 radical (unpaired) electrons. The van der Waals surface area contributed by atoms with E-state index in [4.69, 9.17) is 5.73 Å². The topological polar surface area (TPSA) is 32.5 Å². The molecular weight excluding hydrogens is 234 g/mol. The number of benzene rings is 1. The van der Waals surface area contributed by atoms with Crippen LogP contribution in [0.15, 0.2) is 24.3 Å². The fourth-order valence-electron chi connectivity index (χ4n) is 2.66. The van der Waals surface area contributed by atoms with Crippen molar-refractivity contribution in [3.63, 3.8) is 0 Å². The average molecular weight is 261 g/mol. The van der Waals surface area contributed by atoms with Crippen molar-refractivity contribution in [2.45, 2.75) is 39.3 Å². The number of nitrogens with two attached hydrogens (primary N) is 1. The molecule has 0 saturated carbocycles. The minimum Gasteiger partial charge on any atom is -0.369 e. The van der Waals surface area contributed by atoms with Crippen LogP contribution in [0, 0.1) is 0 Å². The van der Waals surface area contributed by atoms with E-state index in [9.17, 15) is 0 Å². The lowest BCUT2D eigenvalue weighted by atomic mass is 10.0. The second-order valence-corrected chi connectivity index (χ2v) is 5.72. The summed E-state index contributed by atoms with van der Waals surface area (Å²) in [5.74, 6) is 0. The molecule has 1 aliphatic rings. The fraction of sp³-hybridized carbons (Fsp3) is 0.625. The van der Waals surface area contributed by atoms with Gasteiger partial charge in [-0.3, -0.25) is 4.90 Å². The summed E-state index contributed by atoms with van der Waals surface area (Å²) in [6.07, 6.45) is 0.992. The van der Waals surface area contributed by atoms with Crippen LogP contribution in [0.4, 0.5) is 5.69 Å². The van der Waals surface area contributed by atoms with E-state index in [0.29, 0.717) is 6.04 Å². The summed E-state index contributed by atoms with van der Waals surface area (Å²) in [5.41, 5.74) is 8.63. The number of nitrogens with zero attached hydrogens (tertiary/aromatic N) is 2. The number of piperazine rings is 1. The average Bonchev–Trinajstić information content (AvgIpc) is 2.46. The van der Waals surface area contributed by atoms with Crippen LogP contribution in [-0.4, -0.2) is 37.1 Å². The summed E-state index contributed by atoms with van der Waals surface area (Å²) < 4.78 is 0. The number of anilines is 1. The zero-order valence-electron chi connectivity index (χ0n) is 12.5. The van der Waals surface area contributed by atoms with Crippen molar-refractivity contribution in [2.75, 3.05) is 31.1 Å². The van der Waals surface area contributed by atoms with Crippen LogP contribution in [0.1, 0.15) is 38.8 Å². The fourth-order valence-corrected chi connectivity index (χ4v) is 2.66. The summed E-state index contributed by atoms with van der Waals surface area (Å²) in [6, 6.07) is 9.63. The lowest BCUT2D eigenvalue weighted by Gasteiger charge is -2.38. The van der Waals surface area contributed by atoms with Gasteiger partial charge in [0.2, 0.25) is 0 Å². The van der Waals surface area contributed by atoms with Crippen molar-refractivity contribution in [3.05, 3.63) is 29.8 Å². The van der Waals surface area contributed by atoms with E-state index >= 15 is 0 Å². The van der Waals surface area contributed by atoms with Crippen LogP contribution in [0.3, 0.4) is 0 Å². The molecule has 0 amide bonds. The molecule has 3 nitrogen and oxygen atoms in total. The first kappa shape index (κ1) is 14.4. The highest BCUT2D eigenvalue weighted by atomic mass is 15.3. The molecule has 0 bridgehead atoms. The Morgan fingerprint density at radius 2 is 1.63 bits per heavy atom. The van der Waals surface area contributed by atoms with Gasteiger partial charge >= 0.3 is 0 Å². The van der Waals surface area contributed by atoms with E-state index in [1.807, 2.05) is 0 Å². The molecule has 1 fully saturated rings. The van der Waals surface area contributed by atoms with E-state index in [1.54, 1.807) is 0 Å². The molecule has 106 valence electrons. The molecule has 2 rings (SSSR count). The van der Waals surface area contributed by atoms with Gasteiger partial charge in [-0.05, 0) is 38.0 Å². The Hall–Kier alpha value is -1.06. The van der Waals surface area contributed by atoms with Crippen LogP contribution in [0.2, 0.25) is 0 Å². The third kappa shape index (κ3) is 3.48. The van der Waals surface area contributed by atoms with Crippen LogP contribution in [-0.2, 0) is 0 Å². The summed E-state index contributed by atoms with van der Waals surface area (Å²) in [6.45, 7) is 11.2. The van der Waals surface area contributed by atoms with E-state index in [-0.39, 0.29) is 6.04 Å². The van der Waals surface area contributed by atoms with E-state index in [0.717, 1.165) is 32.6 Å². The van der Waals surface area contributed by atoms with Crippen molar-refractivity contribution < 1.29 is 0 Å². The van der Waals surface area contributed by atoms with Crippen molar-refractivity contribution in [2.24, 2.45) is 5.73 Å². The van der Waals surface area contributed by atoms with E-state index in [1.165, 1.54) is 11.3 Å². The van der Waals surface area contributed by atoms with Crippen molar-refractivity contribution in [1.82, 2.24) is 4.90 Å². The van der Waals surface area contributed by atoms with Crippen molar-refractivity contribution in [1.29, 1.82) is 0 Å². The first-order valence-electron chi connectivity index (χ1n) is 7.46. The number of hydrogen-bond acceptors (Lipinski definition) is 3. The second kappa shape index (κ2) is 6.40. The zero-order valence-corrected chi connectivity index (χ0v) is 12.5. The minimum absolute atomic E-state index is 0.173. The Morgan fingerprint density at radius 1 is 1.05 bits per heavy atom. The lowest BCUT2D eigenvalue weighted by molar-refractivity contribution is 0.209. The van der Waals surface area contributed by atoms with Gasteiger partial charge in [0, 0.05) is 44.0 Å². The lowest BCUT2D eigenvalue weighted by Crippen LogP contribution is -2.48. The number of hydrogen-bond donors (Lipinski definition) is 1. The first-order valence-corrected chi connectivity index (χ1v) is 7.46. The Bertz CT molecular complexity index is 377. The Morgan fingerprint density at radius 3 is 2.11 bits per heavy atom. The van der Waals surface area contributed by atoms with Crippen LogP contribution in [0.5, 0.6) is 0 Å². The van der Waals surface area contributed by atoms with Gasteiger partial charge in [-0.1, -0.05) is 19.1 Å². The summed E-state index contributed by atoms with van der Waals surface area (Å²) in [5, 5.41) is 0. The van der Waals surface area contributed by atoms with Gasteiger partial charge in [-0.2, -0.15) is 0 Å². The van der Waals surface area contributed by atoms with Crippen LogP contribution in [0.25, 0.3) is 0 Å². The highest BCUT2D eigenvalue weighted by Crippen LogP contribution is 2.21. The molecule has 2 N–H and O–H groups in total. The maximum absolute atomic E-state index is 6.05. The third-order valence-electron chi connectivity index (χ3n) is 4.17. The molecule has 1 saturated heterocycles. The molecule has 1 aromatic carbocycles.